The third-order valence-electron chi connectivity index (χ3n) is 3.39. The zero-order chi connectivity index (χ0) is 10.7. The lowest BCUT2D eigenvalue weighted by atomic mass is 9.79. The molecule has 1 aliphatic carbocycles. The summed E-state index contributed by atoms with van der Waals surface area (Å²) in [6.45, 7) is 7.76. The highest BCUT2D eigenvalue weighted by Gasteiger charge is 2.39. The molecule has 0 unspecified atom stereocenters. The fourth-order valence-electron chi connectivity index (χ4n) is 2.61. The van der Waals surface area contributed by atoms with Crippen LogP contribution in [0.15, 0.2) is 28.7 Å². The number of hydrogen-bond acceptors (Lipinski definition) is 0. The van der Waals surface area contributed by atoms with Crippen molar-refractivity contribution in [2.24, 2.45) is 0 Å². The molecule has 0 aliphatic heterocycles. The van der Waals surface area contributed by atoms with Crippen LogP contribution < -0.4 is 0 Å². The second-order valence-electron chi connectivity index (χ2n) is 4.28. The van der Waals surface area contributed by atoms with Crippen LogP contribution in [0, 0.1) is 6.57 Å². The van der Waals surface area contributed by atoms with Crippen molar-refractivity contribution in [3.8, 4) is 0 Å². The van der Waals surface area contributed by atoms with Crippen molar-refractivity contribution in [1.29, 1.82) is 0 Å². The van der Waals surface area contributed by atoms with Crippen molar-refractivity contribution in [1.82, 2.24) is 0 Å². The maximum atomic E-state index is 7.12. The first-order valence-corrected chi connectivity index (χ1v) is 6.16. The van der Waals surface area contributed by atoms with Crippen LogP contribution in [-0.4, -0.2) is 6.54 Å². The highest BCUT2D eigenvalue weighted by atomic mass is 79.9. The van der Waals surface area contributed by atoms with E-state index in [1.165, 1.54) is 18.4 Å². The molecule has 0 saturated heterocycles. The van der Waals surface area contributed by atoms with Crippen LogP contribution in [0.25, 0.3) is 4.85 Å². The predicted molar refractivity (Wildman–Crippen MR) is 65.8 cm³/mol. The normalized spacial score (nSPS) is 18.7. The molecule has 78 valence electrons. The Morgan fingerprint density at radius 3 is 2.53 bits per heavy atom. The largest absolute Gasteiger partial charge is 0.316 e. The molecule has 0 aromatic heterocycles. The number of rotatable bonds is 2. The van der Waals surface area contributed by atoms with Crippen LogP contribution >= 0.6 is 15.9 Å². The predicted octanol–water partition coefficient (Wildman–Crippen LogP) is 4.18. The van der Waals surface area contributed by atoms with Gasteiger partial charge in [-0.1, -0.05) is 47.0 Å². The minimum absolute atomic E-state index is 0.127. The van der Waals surface area contributed by atoms with Crippen molar-refractivity contribution in [2.45, 2.75) is 31.1 Å². The van der Waals surface area contributed by atoms with Crippen LogP contribution in [-0.2, 0) is 5.41 Å². The highest BCUT2D eigenvalue weighted by molar-refractivity contribution is 9.10. The van der Waals surface area contributed by atoms with Crippen LogP contribution in [0.1, 0.15) is 31.2 Å². The molecule has 0 atom stereocenters. The Morgan fingerprint density at radius 2 is 1.93 bits per heavy atom. The van der Waals surface area contributed by atoms with E-state index in [1.807, 2.05) is 6.07 Å². The maximum Gasteiger partial charge on any atom is 0.224 e. The average Bonchev–Trinajstić information content (AvgIpc) is 2.69. The molecule has 0 spiro atoms. The zero-order valence-electron chi connectivity index (χ0n) is 8.67. The van der Waals surface area contributed by atoms with E-state index in [-0.39, 0.29) is 5.41 Å². The Morgan fingerprint density at radius 1 is 1.27 bits per heavy atom. The quantitative estimate of drug-likeness (QED) is 0.706. The molecular weight excluding hydrogens is 250 g/mol. The molecule has 0 radical (unpaired) electrons. The monoisotopic (exact) mass is 263 g/mol. The summed E-state index contributed by atoms with van der Waals surface area (Å²) in [5.41, 5.74) is 1.46. The number of hydrogen-bond donors (Lipinski definition) is 0. The van der Waals surface area contributed by atoms with E-state index in [1.54, 1.807) is 0 Å². The Hall–Kier alpha value is -0.810. The molecule has 1 aromatic carbocycles. The molecule has 1 aromatic rings. The van der Waals surface area contributed by atoms with E-state index >= 15 is 0 Å². The van der Waals surface area contributed by atoms with Gasteiger partial charge in [-0.2, -0.15) is 0 Å². The second kappa shape index (κ2) is 4.37. The molecule has 0 N–H and O–H groups in total. The van der Waals surface area contributed by atoms with E-state index < -0.39 is 0 Å². The Kier molecular flexibility index (Phi) is 3.11. The topological polar surface area (TPSA) is 4.36 Å². The fourth-order valence-corrected chi connectivity index (χ4v) is 3.31. The highest BCUT2D eigenvalue weighted by Crippen LogP contribution is 2.43. The number of halogens is 1. The van der Waals surface area contributed by atoms with Gasteiger partial charge < -0.3 is 4.85 Å². The van der Waals surface area contributed by atoms with E-state index in [4.69, 9.17) is 6.57 Å². The summed E-state index contributed by atoms with van der Waals surface area (Å²) in [7, 11) is 0. The summed E-state index contributed by atoms with van der Waals surface area (Å²) in [6.07, 6.45) is 4.85. The second-order valence-corrected chi connectivity index (χ2v) is 5.14. The number of benzene rings is 1. The molecule has 1 saturated carbocycles. The molecule has 0 heterocycles. The van der Waals surface area contributed by atoms with Crippen LogP contribution in [0.4, 0.5) is 0 Å². The fraction of sp³-hybridized carbons (Fsp3) is 0.462. The molecule has 2 heteroatoms. The third kappa shape index (κ3) is 1.94. The van der Waals surface area contributed by atoms with Gasteiger partial charge in [-0.25, -0.2) is 6.57 Å². The first-order valence-electron chi connectivity index (χ1n) is 5.37. The lowest BCUT2D eigenvalue weighted by Gasteiger charge is -2.24. The van der Waals surface area contributed by atoms with Gasteiger partial charge in [0.25, 0.3) is 0 Å². The summed E-state index contributed by atoms with van der Waals surface area (Å²) in [5, 5.41) is 0. The smallest absolute Gasteiger partial charge is 0.224 e. The van der Waals surface area contributed by atoms with Gasteiger partial charge in [0.05, 0.1) is 5.41 Å². The molecule has 1 nitrogen and oxygen atoms in total. The minimum Gasteiger partial charge on any atom is -0.316 e. The van der Waals surface area contributed by atoms with Gasteiger partial charge in [0.1, 0.15) is 0 Å². The summed E-state index contributed by atoms with van der Waals surface area (Å²) in [4.78, 5) is 3.64. The van der Waals surface area contributed by atoms with Gasteiger partial charge in [0, 0.05) is 4.47 Å². The maximum absolute atomic E-state index is 7.12. The summed E-state index contributed by atoms with van der Waals surface area (Å²) in [6, 6.07) is 8.36. The Bertz CT molecular complexity index is 386. The molecule has 0 amide bonds. The van der Waals surface area contributed by atoms with Gasteiger partial charge in [0.2, 0.25) is 6.54 Å². The lowest BCUT2D eigenvalue weighted by Crippen LogP contribution is -2.25. The van der Waals surface area contributed by atoms with Gasteiger partial charge in [-0.15, -0.1) is 0 Å². The van der Waals surface area contributed by atoms with Gasteiger partial charge in [-0.05, 0) is 24.5 Å². The van der Waals surface area contributed by atoms with Crippen LogP contribution in [0.5, 0.6) is 0 Å². The van der Waals surface area contributed by atoms with Crippen LogP contribution in [0.2, 0.25) is 0 Å². The molecule has 15 heavy (non-hydrogen) atoms. The summed E-state index contributed by atoms with van der Waals surface area (Å²) >= 11 is 3.61. The Labute approximate surface area is 99.5 Å². The molecule has 1 fully saturated rings. The van der Waals surface area contributed by atoms with Crippen molar-refractivity contribution < 1.29 is 0 Å². The van der Waals surface area contributed by atoms with Crippen molar-refractivity contribution in [3.63, 3.8) is 0 Å². The third-order valence-corrected chi connectivity index (χ3v) is 4.08. The van der Waals surface area contributed by atoms with Gasteiger partial charge in [0.15, 0.2) is 0 Å². The summed E-state index contributed by atoms with van der Waals surface area (Å²) in [5.74, 6) is 0. The van der Waals surface area contributed by atoms with Crippen LogP contribution in [0.3, 0.4) is 0 Å². The van der Waals surface area contributed by atoms with E-state index in [0.29, 0.717) is 6.54 Å². The molecular formula is C13H14BrN. The number of nitrogens with zero attached hydrogens (tertiary/aromatic N) is 1. The van der Waals surface area contributed by atoms with Gasteiger partial charge in [-0.3, -0.25) is 0 Å². The average molecular weight is 264 g/mol. The van der Waals surface area contributed by atoms with Crippen molar-refractivity contribution >= 4 is 15.9 Å². The Balaban J connectivity index is 2.42. The van der Waals surface area contributed by atoms with E-state index in [2.05, 4.69) is 39.0 Å². The molecule has 0 bridgehead atoms. The molecule has 1 aliphatic rings. The van der Waals surface area contributed by atoms with Gasteiger partial charge >= 0.3 is 0 Å². The minimum atomic E-state index is 0.127. The van der Waals surface area contributed by atoms with Crippen molar-refractivity contribution in [3.05, 3.63) is 45.7 Å². The summed E-state index contributed by atoms with van der Waals surface area (Å²) < 4.78 is 1.16. The zero-order valence-corrected chi connectivity index (χ0v) is 10.3. The SMILES string of the molecule is [C-]#[N+]CC1(c2ccccc2Br)CCCC1. The first kappa shape index (κ1) is 10.7. The van der Waals surface area contributed by atoms with Crippen molar-refractivity contribution in [2.75, 3.05) is 6.54 Å². The lowest BCUT2D eigenvalue weighted by molar-refractivity contribution is 0.476. The van der Waals surface area contributed by atoms with E-state index in [9.17, 15) is 0 Å². The van der Waals surface area contributed by atoms with E-state index in [0.717, 1.165) is 17.3 Å². The standard InChI is InChI=1S/C13H14BrN/c1-15-10-13(8-4-5-9-13)11-6-2-3-7-12(11)14/h2-3,6-7H,4-5,8-10H2. The molecule has 2 rings (SSSR count). The first-order chi connectivity index (χ1) is 7.28.